The number of aromatic nitrogens is 5. The lowest BCUT2D eigenvalue weighted by atomic mass is 10.1. The SMILES string of the molecule is O=C(NCc1ccc(-n2ccnc2)c(F)c1)c1ccc2n[nH]nc2c1. The van der Waals surface area contributed by atoms with Crippen LogP contribution in [0.3, 0.4) is 0 Å². The molecule has 0 aliphatic heterocycles. The minimum Gasteiger partial charge on any atom is -0.348 e. The number of fused-ring (bicyclic) bond motifs is 1. The molecular weight excluding hydrogens is 323 g/mol. The van der Waals surface area contributed by atoms with Gasteiger partial charge in [0.25, 0.3) is 5.91 Å². The van der Waals surface area contributed by atoms with Crippen LogP contribution in [0, 0.1) is 5.82 Å². The van der Waals surface area contributed by atoms with Gasteiger partial charge >= 0.3 is 0 Å². The lowest BCUT2D eigenvalue weighted by Gasteiger charge is -2.08. The predicted octanol–water partition coefficient (Wildman–Crippen LogP) is 2.21. The molecule has 0 aliphatic carbocycles. The summed E-state index contributed by atoms with van der Waals surface area (Å²) in [7, 11) is 0. The van der Waals surface area contributed by atoms with Crippen molar-refractivity contribution in [3.63, 3.8) is 0 Å². The van der Waals surface area contributed by atoms with Crippen molar-refractivity contribution in [2.45, 2.75) is 6.54 Å². The molecule has 2 N–H and O–H groups in total. The van der Waals surface area contributed by atoms with E-state index in [0.29, 0.717) is 27.8 Å². The van der Waals surface area contributed by atoms with Crippen molar-refractivity contribution in [2.24, 2.45) is 0 Å². The maximum absolute atomic E-state index is 14.2. The summed E-state index contributed by atoms with van der Waals surface area (Å²) in [6, 6.07) is 9.85. The van der Waals surface area contributed by atoms with Gasteiger partial charge in [-0.2, -0.15) is 15.4 Å². The van der Waals surface area contributed by atoms with Crippen LogP contribution in [0.4, 0.5) is 4.39 Å². The summed E-state index contributed by atoms with van der Waals surface area (Å²) < 4.78 is 15.8. The van der Waals surface area contributed by atoms with Crippen LogP contribution in [0.5, 0.6) is 0 Å². The van der Waals surface area contributed by atoms with Gasteiger partial charge in [-0.1, -0.05) is 6.07 Å². The zero-order valence-electron chi connectivity index (χ0n) is 13.0. The monoisotopic (exact) mass is 336 g/mol. The molecule has 0 unspecified atom stereocenters. The molecule has 4 rings (SSSR count). The number of hydrogen-bond donors (Lipinski definition) is 2. The van der Waals surface area contributed by atoms with Gasteiger partial charge in [0, 0.05) is 24.5 Å². The average molecular weight is 336 g/mol. The number of benzene rings is 2. The van der Waals surface area contributed by atoms with Crippen LogP contribution in [0.1, 0.15) is 15.9 Å². The summed E-state index contributed by atoms with van der Waals surface area (Å²) in [6.45, 7) is 0.219. The molecule has 7 nitrogen and oxygen atoms in total. The highest BCUT2D eigenvalue weighted by Gasteiger charge is 2.09. The number of rotatable bonds is 4. The Kier molecular flexibility index (Phi) is 3.70. The second-order valence-corrected chi connectivity index (χ2v) is 5.47. The number of carbonyl (C=O) groups excluding carboxylic acids is 1. The van der Waals surface area contributed by atoms with E-state index >= 15 is 0 Å². The van der Waals surface area contributed by atoms with Crippen molar-refractivity contribution in [3.8, 4) is 5.69 Å². The zero-order valence-corrected chi connectivity index (χ0v) is 13.0. The molecule has 0 radical (unpaired) electrons. The van der Waals surface area contributed by atoms with Crippen molar-refractivity contribution >= 4 is 16.9 Å². The number of nitrogens with one attached hydrogen (secondary N) is 2. The Hall–Kier alpha value is -3.55. The Morgan fingerprint density at radius 2 is 2.04 bits per heavy atom. The highest BCUT2D eigenvalue weighted by molar-refractivity contribution is 5.97. The van der Waals surface area contributed by atoms with E-state index in [2.05, 4.69) is 25.7 Å². The van der Waals surface area contributed by atoms with Gasteiger partial charge in [-0.15, -0.1) is 0 Å². The van der Waals surface area contributed by atoms with Gasteiger partial charge < -0.3 is 9.88 Å². The zero-order chi connectivity index (χ0) is 17.2. The first-order chi connectivity index (χ1) is 12.2. The third-order valence-electron chi connectivity index (χ3n) is 3.83. The van der Waals surface area contributed by atoms with Gasteiger partial charge in [0.15, 0.2) is 0 Å². The van der Waals surface area contributed by atoms with Crippen molar-refractivity contribution in [1.29, 1.82) is 0 Å². The third kappa shape index (κ3) is 2.97. The maximum Gasteiger partial charge on any atom is 0.251 e. The quantitative estimate of drug-likeness (QED) is 0.598. The van der Waals surface area contributed by atoms with Crippen molar-refractivity contribution in [2.75, 3.05) is 0 Å². The van der Waals surface area contributed by atoms with Gasteiger partial charge in [0.05, 0.1) is 12.0 Å². The Labute approximate surface area is 141 Å². The Balaban J connectivity index is 1.47. The molecule has 2 heterocycles. The largest absolute Gasteiger partial charge is 0.348 e. The molecule has 0 spiro atoms. The Morgan fingerprint density at radius 1 is 1.16 bits per heavy atom. The smallest absolute Gasteiger partial charge is 0.251 e. The van der Waals surface area contributed by atoms with E-state index in [1.54, 1.807) is 47.3 Å². The van der Waals surface area contributed by atoms with Crippen molar-refractivity contribution in [3.05, 3.63) is 72.1 Å². The lowest BCUT2D eigenvalue weighted by Crippen LogP contribution is -2.22. The van der Waals surface area contributed by atoms with E-state index in [0.717, 1.165) is 0 Å². The summed E-state index contributed by atoms with van der Waals surface area (Å²) in [5, 5.41) is 13.2. The van der Waals surface area contributed by atoms with Crippen LogP contribution in [-0.2, 0) is 6.54 Å². The minimum absolute atomic E-state index is 0.219. The maximum atomic E-state index is 14.2. The number of carbonyl (C=O) groups is 1. The molecule has 1 amide bonds. The summed E-state index contributed by atoms with van der Waals surface area (Å²) in [4.78, 5) is 16.1. The molecule has 0 fully saturated rings. The average Bonchev–Trinajstić information content (AvgIpc) is 3.30. The molecule has 124 valence electrons. The molecule has 0 bridgehead atoms. The van der Waals surface area contributed by atoms with Gasteiger partial charge in [-0.25, -0.2) is 9.37 Å². The standard InChI is InChI=1S/C17H13FN6O/c18-13-7-11(1-4-16(13)24-6-5-19-10-24)9-20-17(25)12-2-3-14-15(8-12)22-23-21-14/h1-8,10H,9H2,(H,20,25)(H,21,22,23). The van der Waals surface area contributed by atoms with Crippen molar-refractivity contribution < 1.29 is 9.18 Å². The molecule has 0 atom stereocenters. The van der Waals surface area contributed by atoms with Crippen LogP contribution >= 0.6 is 0 Å². The van der Waals surface area contributed by atoms with Gasteiger partial charge in [0.2, 0.25) is 0 Å². The van der Waals surface area contributed by atoms with Crippen LogP contribution in [0.2, 0.25) is 0 Å². The fourth-order valence-corrected chi connectivity index (χ4v) is 2.54. The van der Waals surface area contributed by atoms with Crippen molar-refractivity contribution in [1.82, 2.24) is 30.3 Å². The summed E-state index contributed by atoms with van der Waals surface area (Å²) in [5.41, 5.74) is 2.84. The van der Waals surface area contributed by atoms with E-state index in [1.807, 2.05) is 0 Å². The number of hydrogen-bond acceptors (Lipinski definition) is 4. The van der Waals surface area contributed by atoms with E-state index in [-0.39, 0.29) is 18.3 Å². The van der Waals surface area contributed by atoms with Gasteiger partial charge in [-0.05, 0) is 35.9 Å². The second-order valence-electron chi connectivity index (χ2n) is 5.47. The number of halogens is 1. The Morgan fingerprint density at radius 3 is 2.84 bits per heavy atom. The first-order valence-electron chi connectivity index (χ1n) is 7.56. The first kappa shape index (κ1) is 15.0. The fourth-order valence-electron chi connectivity index (χ4n) is 2.54. The highest BCUT2D eigenvalue weighted by Crippen LogP contribution is 2.15. The number of amides is 1. The Bertz CT molecular complexity index is 1040. The van der Waals surface area contributed by atoms with Crippen LogP contribution in [-0.4, -0.2) is 30.9 Å². The first-order valence-corrected chi connectivity index (χ1v) is 7.56. The van der Waals surface area contributed by atoms with E-state index in [4.69, 9.17) is 0 Å². The second kappa shape index (κ2) is 6.16. The van der Waals surface area contributed by atoms with Crippen LogP contribution < -0.4 is 5.32 Å². The molecule has 2 aromatic carbocycles. The molecule has 25 heavy (non-hydrogen) atoms. The van der Waals surface area contributed by atoms with Crippen LogP contribution in [0.15, 0.2) is 55.1 Å². The molecule has 4 aromatic rings. The van der Waals surface area contributed by atoms with E-state index in [1.165, 1.54) is 12.4 Å². The summed E-state index contributed by atoms with van der Waals surface area (Å²) >= 11 is 0. The summed E-state index contributed by atoms with van der Waals surface area (Å²) in [6.07, 6.45) is 4.78. The number of H-pyrrole nitrogens is 1. The fraction of sp³-hybridized carbons (Fsp3) is 0.0588. The van der Waals surface area contributed by atoms with E-state index in [9.17, 15) is 9.18 Å². The van der Waals surface area contributed by atoms with E-state index < -0.39 is 0 Å². The number of imidazole rings is 1. The molecule has 0 saturated carbocycles. The topological polar surface area (TPSA) is 88.5 Å². The predicted molar refractivity (Wildman–Crippen MR) is 88.6 cm³/mol. The minimum atomic E-state index is -0.381. The number of nitrogens with zero attached hydrogens (tertiary/aromatic N) is 4. The molecule has 8 heteroatoms. The molecule has 0 saturated heterocycles. The normalized spacial score (nSPS) is 10.9. The third-order valence-corrected chi connectivity index (χ3v) is 3.83. The molecule has 2 aromatic heterocycles. The summed E-state index contributed by atoms with van der Waals surface area (Å²) in [5.74, 6) is -0.641. The lowest BCUT2D eigenvalue weighted by molar-refractivity contribution is 0.0951. The van der Waals surface area contributed by atoms with Gasteiger partial charge in [-0.3, -0.25) is 4.79 Å². The number of aromatic amines is 1. The van der Waals surface area contributed by atoms with Gasteiger partial charge in [0.1, 0.15) is 16.9 Å². The molecule has 0 aliphatic rings. The molecular formula is C17H13FN6O. The highest BCUT2D eigenvalue weighted by atomic mass is 19.1. The van der Waals surface area contributed by atoms with Crippen LogP contribution in [0.25, 0.3) is 16.7 Å².